The van der Waals surface area contributed by atoms with Crippen LogP contribution in [0, 0.1) is 11.3 Å². The van der Waals surface area contributed by atoms with E-state index >= 15 is 0 Å². The van der Waals surface area contributed by atoms with Gasteiger partial charge in [-0.25, -0.2) is 0 Å². The minimum absolute atomic E-state index is 0.583. The van der Waals surface area contributed by atoms with E-state index < -0.39 is 0 Å². The van der Waals surface area contributed by atoms with E-state index in [9.17, 15) is 0 Å². The molecule has 0 fully saturated rings. The molecule has 0 aliphatic rings. The maximum absolute atomic E-state index is 7.32. The molecular formula is C5H10N2. The first kappa shape index (κ1) is 9.50. The predicted octanol–water partition coefficient (Wildman–Crippen LogP) is 0.661. The molecule has 0 bridgehead atoms. The first-order chi connectivity index (χ1) is 3.33. The van der Waals surface area contributed by atoms with Crippen molar-refractivity contribution in [3.05, 3.63) is 12.7 Å². The average Bonchev–Trinajstić information content (AvgIpc) is 1.69. The largest absolute Gasteiger partial charge is 0.327 e. The Morgan fingerprint density at radius 2 is 2.14 bits per heavy atom. The normalized spacial score (nSPS) is 4.71. The van der Waals surface area contributed by atoms with Gasteiger partial charge in [0.15, 0.2) is 0 Å². The third-order valence-corrected chi connectivity index (χ3v) is 0.167. The predicted molar refractivity (Wildman–Crippen MR) is 30.5 cm³/mol. The van der Waals surface area contributed by atoms with Crippen LogP contribution in [0.5, 0.6) is 0 Å². The summed E-state index contributed by atoms with van der Waals surface area (Å²) in [5.74, 6) is 0. The molecule has 0 aromatic rings. The van der Waals surface area contributed by atoms with Crippen LogP contribution in [-0.2, 0) is 0 Å². The van der Waals surface area contributed by atoms with Gasteiger partial charge in [-0.1, -0.05) is 6.08 Å². The molecule has 0 heterocycles. The van der Waals surface area contributed by atoms with Gasteiger partial charge in [-0.3, -0.25) is 0 Å². The molecule has 2 N–H and O–H groups in total. The van der Waals surface area contributed by atoms with Crippen molar-refractivity contribution in [1.82, 2.24) is 0 Å². The topological polar surface area (TPSA) is 49.8 Å². The molecule has 2 heteroatoms. The summed E-state index contributed by atoms with van der Waals surface area (Å²) in [6.07, 6.45) is 1.65. The number of nitrogens with two attached hydrogens (primary N) is 1. The van der Waals surface area contributed by atoms with Crippen LogP contribution in [0.25, 0.3) is 0 Å². The fourth-order valence-electron chi connectivity index (χ4n) is 0. The highest BCUT2D eigenvalue weighted by Crippen LogP contribution is 1.40. The van der Waals surface area contributed by atoms with Crippen molar-refractivity contribution in [2.45, 2.75) is 6.92 Å². The van der Waals surface area contributed by atoms with Crippen LogP contribution in [0.1, 0.15) is 6.92 Å². The molecule has 0 saturated carbocycles. The molecule has 0 aliphatic heterocycles. The maximum atomic E-state index is 7.32. The second-order valence-corrected chi connectivity index (χ2v) is 0.748. The van der Waals surface area contributed by atoms with E-state index in [-0.39, 0.29) is 0 Å². The first-order valence-electron chi connectivity index (χ1n) is 1.95. The van der Waals surface area contributed by atoms with Crippen LogP contribution < -0.4 is 5.73 Å². The Bertz CT molecular complexity index is 61.0. The molecule has 0 rings (SSSR count). The summed E-state index contributed by atoms with van der Waals surface area (Å²) in [6, 6.07) is 1.75. The minimum Gasteiger partial charge on any atom is -0.327 e. The zero-order valence-corrected chi connectivity index (χ0v) is 4.52. The van der Waals surface area contributed by atoms with Gasteiger partial charge in [0, 0.05) is 13.5 Å². The van der Waals surface area contributed by atoms with Gasteiger partial charge >= 0.3 is 0 Å². The zero-order chi connectivity index (χ0) is 6.12. The van der Waals surface area contributed by atoms with E-state index in [2.05, 4.69) is 6.58 Å². The van der Waals surface area contributed by atoms with Gasteiger partial charge in [-0.2, -0.15) is 5.26 Å². The monoisotopic (exact) mass is 98.1 g/mol. The van der Waals surface area contributed by atoms with Crippen LogP contribution >= 0.6 is 0 Å². The summed E-state index contributed by atoms with van der Waals surface area (Å²) < 4.78 is 0. The maximum Gasteiger partial charge on any atom is 0.0587 e. The SMILES string of the molecule is C=CCN.CC#N. The Kier molecular flexibility index (Phi) is 25.8. The Morgan fingerprint density at radius 1 is 2.00 bits per heavy atom. The summed E-state index contributed by atoms with van der Waals surface area (Å²) in [4.78, 5) is 0. The molecule has 0 amide bonds. The lowest BCUT2D eigenvalue weighted by molar-refractivity contribution is 1.26. The highest BCUT2D eigenvalue weighted by atomic mass is 14.5. The summed E-state index contributed by atoms with van der Waals surface area (Å²) in [7, 11) is 0. The van der Waals surface area contributed by atoms with Gasteiger partial charge in [-0.15, -0.1) is 6.58 Å². The molecule has 0 atom stereocenters. The Balaban J connectivity index is 0. The Morgan fingerprint density at radius 3 is 2.14 bits per heavy atom. The molecule has 7 heavy (non-hydrogen) atoms. The van der Waals surface area contributed by atoms with Gasteiger partial charge in [0.1, 0.15) is 0 Å². The molecule has 40 valence electrons. The molecule has 0 spiro atoms. The molecule has 0 aromatic carbocycles. The highest BCUT2D eigenvalue weighted by molar-refractivity contribution is 4.64. The van der Waals surface area contributed by atoms with E-state index in [1.807, 2.05) is 0 Å². The van der Waals surface area contributed by atoms with Gasteiger partial charge < -0.3 is 5.73 Å². The van der Waals surface area contributed by atoms with Crippen LogP contribution in [0.4, 0.5) is 0 Å². The second kappa shape index (κ2) is 19.0. The van der Waals surface area contributed by atoms with Gasteiger partial charge in [0.2, 0.25) is 0 Å². The minimum atomic E-state index is 0.583. The van der Waals surface area contributed by atoms with Crippen molar-refractivity contribution >= 4 is 0 Å². The lowest BCUT2D eigenvalue weighted by atomic mass is 10.7. The first-order valence-corrected chi connectivity index (χ1v) is 1.95. The van der Waals surface area contributed by atoms with E-state index in [4.69, 9.17) is 11.0 Å². The van der Waals surface area contributed by atoms with Crippen molar-refractivity contribution < 1.29 is 0 Å². The number of hydrogen-bond acceptors (Lipinski definition) is 2. The third kappa shape index (κ3) is 1460. The van der Waals surface area contributed by atoms with Crippen molar-refractivity contribution in [2.75, 3.05) is 6.54 Å². The van der Waals surface area contributed by atoms with E-state index in [0.717, 1.165) is 0 Å². The summed E-state index contributed by atoms with van der Waals surface area (Å²) >= 11 is 0. The molecule has 0 radical (unpaired) electrons. The number of nitrogens with zero attached hydrogens (tertiary/aromatic N) is 1. The van der Waals surface area contributed by atoms with E-state index in [1.165, 1.54) is 6.92 Å². The van der Waals surface area contributed by atoms with E-state index in [1.54, 1.807) is 12.1 Å². The van der Waals surface area contributed by atoms with Crippen molar-refractivity contribution in [3.63, 3.8) is 0 Å². The van der Waals surface area contributed by atoms with Gasteiger partial charge in [0.05, 0.1) is 6.07 Å². The van der Waals surface area contributed by atoms with Gasteiger partial charge in [0.25, 0.3) is 0 Å². The highest BCUT2D eigenvalue weighted by Gasteiger charge is 1.43. The standard InChI is InChI=1S/C3H7N.C2H3N/c1-2-3-4;1-2-3/h2H,1,3-4H2;1H3. The van der Waals surface area contributed by atoms with Crippen LogP contribution in [0.15, 0.2) is 12.7 Å². The summed E-state index contributed by atoms with van der Waals surface area (Å²) in [6.45, 7) is 5.37. The molecule has 0 unspecified atom stereocenters. The fourth-order valence-corrected chi connectivity index (χ4v) is 0. The number of rotatable bonds is 1. The molecule has 0 aliphatic carbocycles. The third-order valence-electron chi connectivity index (χ3n) is 0.167. The Labute approximate surface area is 44.2 Å². The van der Waals surface area contributed by atoms with Crippen LogP contribution in [0.3, 0.4) is 0 Å². The Hall–Kier alpha value is -0.810. The lowest BCUT2D eigenvalue weighted by Gasteiger charge is -1.61. The average molecular weight is 98.1 g/mol. The number of hydrogen-bond donors (Lipinski definition) is 1. The van der Waals surface area contributed by atoms with Crippen molar-refractivity contribution in [2.24, 2.45) is 5.73 Å². The van der Waals surface area contributed by atoms with Crippen molar-refractivity contribution in [3.8, 4) is 6.07 Å². The molecular weight excluding hydrogens is 88.1 g/mol. The quantitative estimate of drug-likeness (QED) is 0.490. The molecule has 2 nitrogen and oxygen atoms in total. The van der Waals surface area contributed by atoms with Gasteiger partial charge in [-0.05, 0) is 0 Å². The van der Waals surface area contributed by atoms with E-state index in [0.29, 0.717) is 6.54 Å². The van der Waals surface area contributed by atoms with Crippen LogP contribution in [0.2, 0.25) is 0 Å². The zero-order valence-electron chi connectivity index (χ0n) is 4.52. The van der Waals surface area contributed by atoms with Crippen molar-refractivity contribution in [1.29, 1.82) is 5.26 Å². The summed E-state index contributed by atoms with van der Waals surface area (Å²) in [5.41, 5.74) is 4.91. The van der Waals surface area contributed by atoms with Crippen LogP contribution in [-0.4, -0.2) is 6.54 Å². The number of nitriles is 1. The lowest BCUT2D eigenvalue weighted by Crippen LogP contribution is -1.90. The molecule has 0 aromatic heterocycles. The molecule has 0 saturated heterocycles. The second-order valence-electron chi connectivity index (χ2n) is 0.748. The summed E-state index contributed by atoms with van der Waals surface area (Å²) in [5, 5.41) is 7.32. The fraction of sp³-hybridized carbons (Fsp3) is 0.400. The smallest absolute Gasteiger partial charge is 0.0587 e.